The number of nitrogens with one attached hydrogen (secondary N) is 1. The highest BCUT2D eigenvalue weighted by Crippen LogP contribution is 2.62. The molecule has 2 N–H and O–H groups in total. The van der Waals surface area contributed by atoms with Gasteiger partial charge in [-0.25, -0.2) is 0 Å². The van der Waals surface area contributed by atoms with E-state index in [0.717, 1.165) is 28.6 Å². The molecule has 140 valence electrons. The molecule has 0 aromatic heterocycles. The molecule has 3 unspecified atom stereocenters. The Bertz CT molecular complexity index is 937. The van der Waals surface area contributed by atoms with E-state index in [4.69, 9.17) is 5.11 Å². The molecule has 2 heterocycles. The van der Waals surface area contributed by atoms with E-state index in [9.17, 15) is 18.0 Å². The van der Waals surface area contributed by atoms with Crippen molar-refractivity contribution >= 4 is 17.3 Å². The number of alkyl halides is 3. The molecular weight excluding hydrogens is 357 g/mol. The molecule has 1 saturated heterocycles. The van der Waals surface area contributed by atoms with Crippen LogP contribution in [0.5, 0.6) is 0 Å². The smallest absolute Gasteiger partial charge is 0.416 e. The molecule has 0 spiro atoms. The fourth-order valence-electron chi connectivity index (χ4n) is 4.39. The number of hydrogen-bond donors (Lipinski definition) is 2. The van der Waals surface area contributed by atoms with Crippen LogP contribution in [-0.2, 0) is 11.0 Å². The molecular formula is C20H17F3N2O2. The topological polar surface area (TPSA) is 52.6 Å². The average Bonchev–Trinajstić information content (AvgIpc) is 3.15. The zero-order valence-corrected chi connectivity index (χ0v) is 14.2. The van der Waals surface area contributed by atoms with Gasteiger partial charge in [-0.1, -0.05) is 12.1 Å². The molecule has 3 aliphatic rings. The molecule has 27 heavy (non-hydrogen) atoms. The number of anilines is 2. The van der Waals surface area contributed by atoms with Crippen LogP contribution in [0.25, 0.3) is 0 Å². The van der Waals surface area contributed by atoms with Gasteiger partial charge in [-0.2, -0.15) is 13.2 Å². The highest BCUT2D eigenvalue weighted by molar-refractivity contribution is 5.75. The first-order valence-electron chi connectivity index (χ1n) is 8.88. The fraction of sp³-hybridized carbons (Fsp3) is 0.350. The van der Waals surface area contributed by atoms with E-state index in [0.29, 0.717) is 13.1 Å². The van der Waals surface area contributed by atoms with Crippen molar-refractivity contribution in [3.63, 3.8) is 0 Å². The van der Waals surface area contributed by atoms with E-state index in [-0.39, 0.29) is 23.8 Å². The molecule has 3 atom stereocenters. The third-order valence-corrected chi connectivity index (χ3v) is 5.93. The lowest BCUT2D eigenvalue weighted by Gasteiger charge is -2.38. The summed E-state index contributed by atoms with van der Waals surface area (Å²) < 4.78 is 39.1. The van der Waals surface area contributed by atoms with Gasteiger partial charge in [0.2, 0.25) is 0 Å². The standard InChI is InChI=1S/C20H17F3N2O2/c21-20(22,23)12-4-5-15-14(7-12)17-16(18(17)24-15)10-2-1-3-13(6-10)25-8-11(9-25)19(26)27/h1-7,11,16-18,24H,8-9H2,(H,26,27). The first-order valence-corrected chi connectivity index (χ1v) is 8.88. The molecule has 4 nitrogen and oxygen atoms in total. The van der Waals surface area contributed by atoms with Gasteiger partial charge in [0.1, 0.15) is 0 Å². The van der Waals surface area contributed by atoms with Gasteiger partial charge in [-0.15, -0.1) is 0 Å². The number of rotatable bonds is 3. The van der Waals surface area contributed by atoms with Gasteiger partial charge >= 0.3 is 12.1 Å². The van der Waals surface area contributed by atoms with Crippen molar-refractivity contribution in [3.8, 4) is 0 Å². The zero-order chi connectivity index (χ0) is 18.9. The van der Waals surface area contributed by atoms with Crippen LogP contribution in [0.1, 0.15) is 28.5 Å². The fourth-order valence-corrected chi connectivity index (χ4v) is 4.39. The number of fused-ring (bicyclic) bond motifs is 3. The van der Waals surface area contributed by atoms with Crippen molar-refractivity contribution in [2.75, 3.05) is 23.3 Å². The lowest BCUT2D eigenvalue weighted by molar-refractivity contribution is -0.142. The monoisotopic (exact) mass is 374 g/mol. The predicted molar refractivity (Wildman–Crippen MR) is 94.1 cm³/mol. The van der Waals surface area contributed by atoms with Crippen LogP contribution in [0.15, 0.2) is 42.5 Å². The molecule has 5 rings (SSSR count). The van der Waals surface area contributed by atoms with Gasteiger partial charge in [-0.3, -0.25) is 4.79 Å². The summed E-state index contributed by atoms with van der Waals surface area (Å²) in [6, 6.07) is 11.9. The van der Waals surface area contributed by atoms with Gasteiger partial charge < -0.3 is 15.3 Å². The molecule has 1 saturated carbocycles. The maximum absolute atomic E-state index is 13.0. The van der Waals surface area contributed by atoms with Crippen LogP contribution in [0.3, 0.4) is 0 Å². The Balaban J connectivity index is 1.37. The predicted octanol–water partition coefficient (Wildman–Crippen LogP) is 3.90. The van der Waals surface area contributed by atoms with Crippen LogP contribution >= 0.6 is 0 Å². The van der Waals surface area contributed by atoms with Crippen molar-refractivity contribution < 1.29 is 23.1 Å². The van der Waals surface area contributed by atoms with Gasteiger partial charge in [0.15, 0.2) is 0 Å². The summed E-state index contributed by atoms with van der Waals surface area (Å²) in [6.45, 7) is 0.985. The van der Waals surface area contributed by atoms with E-state index in [2.05, 4.69) is 5.32 Å². The molecule has 0 amide bonds. The zero-order valence-electron chi connectivity index (χ0n) is 14.2. The summed E-state index contributed by atoms with van der Waals surface area (Å²) >= 11 is 0. The lowest BCUT2D eigenvalue weighted by atomic mass is 9.97. The second-order valence-corrected chi connectivity index (χ2v) is 7.56. The molecule has 2 aromatic rings. The van der Waals surface area contributed by atoms with Gasteiger partial charge in [0.25, 0.3) is 0 Å². The van der Waals surface area contributed by atoms with Gasteiger partial charge in [0, 0.05) is 42.3 Å². The molecule has 2 fully saturated rings. The molecule has 1 aliphatic carbocycles. The Morgan fingerprint density at radius 3 is 2.59 bits per heavy atom. The Morgan fingerprint density at radius 2 is 1.89 bits per heavy atom. The minimum Gasteiger partial charge on any atom is -0.481 e. The lowest BCUT2D eigenvalue weighted by Crippen LogP contribution is -2.50. The minimum atomic E-state index is -4.34. The number of carboxylic acid groups (broad SMARTS) is 1. The summed E-state index contributed by atoms with van der Waals surface area (Å²) in [4.78, 5) is 13.0. The normalized spacial score (nSPS) is 26.0. The highest BCUT2D eigenvalue weighted by atomic mass is 19.4. The summed E-state index contributed by atoms with van der Waals surface area (Å²) in [6.07, 6.45) is -4.34. The molecule has 0 radical (unpaired) electrons. The highest BCUT2D eigenvalue weighted by Gasteiger charge is 2.57. The maximum atomic E-state index is 13.0. The molecule has 2 aliphatic heterocycles. The van der Waals surface area contributed by atoms with E-state index in [1.54, 1.807) is 0 Å². The Morgan fingerprint density at radius 1 is 1.11 bits per heavy atom. The van der Waals surface area contributed by atoms with Gasteiger partial charge in [0.05, 0.1) is 11.5 Å². The van der Waals surface area contributed by atoms with Crippen LogP contribution in [0.2, 0.25) is 0 Å². The number of aliphatic carboxylic acids is 1. The minimum absolute atomic E-state index is 0.0562. The third kappa shape index (κ3) is 2.56. The Hall–Kier alpha value is -2.70. The van der Waals surface area contributed by atoms with E-state index < -0.39 is 17.7 Å². The van der Waals surface area contributed by atoms with E-state index in [1.807, 2.05) is 29.2 Å². The molecule has 2 aromatic carbocycles. The van der Waals surface area contributed by atoms with Gasteiger partial charge in [-0.05, 0) is 41.5 Å². The summed E-state index contributed by atoms with van der Waals surface area (Å²) in [5.41, 5.74) is 2.97. The maximum Gasteiger partial charge on any atom is 0.416 e. The number of nitrogens with zero attached hydrogens (tertiary/aromatic N) is 1. The quantitative estimate of drug-likeness (QED) is 0.856. The third-order valence-electron chi connectivity index (χ3n) is 5.93. The van der Waals surface area contributed by atoms with Crippen molar-refractivity contribution in [3.05, 3.63) is 59.2 Å². The summed E-state index contributed by atoms with van der Waals surface area (Å²) in [7, 11) is 0. The SMILES string of the molecule is O=C(O)C1CN(c2cccc(C3C4Nc5ccc(C(F)(F)F)cc5C43)c2)C1. The van der Waals surface area contributed by atoms with E-state index in [1.165, 1.54) is 12.1 Å². The Kier molecular flexibility index (Phi) is 3.30. The van der Waals surface area contributed by atoms with Crippen molar-refractivity contribution in [1.82, 2.24) is 0 Å². The first kappa shape index (κ1) is 16.5. The second-order valence-electron chi connectivity index (χ2n) is 7.56. The number of hydrogen-bond acceptors (Lipinski definition) is 3. The second kappa shape index (κ2) is 5.41. The van der Waals surface area contributed by atoms with Crippen molar-refractivity contribution in [2.45, 2.75) is 24.1 Å². The summed E-state index contributed by atoms with van der Waals surface area (Å²) in [5, 5.41) is 12.4. The molecule has 7 heteroatoms. The first-order chi connectivity index (χ1) is 12.8. The van der Waals surface area contributed by atoms with Crippen LogP contribution in [0.4, 0.5) is 24.5 Å². The number of benzene rings is 2. The van der Waals surface area contributed by atoms with Crippen LogP contribution in [-0.4, -0.2) is 30.2 Å². The number of carboxylic acids is 1. The van der Waals surface area contributed by atoms with Crippen molar-refractivity contribution in [1.29, 1.82) is 0 Å². The van der Waals surface area contributed by atoms with Crippen LogP contribution < -0.4 is 10.2 Å². The average molecular weight is 374 g/mol. The number of halogens is 3. The molecule has 0 bridgehead atoms. The van der Waals surface area contributed by atoms with E-state index >= 15 is 0 Å². The number of carbonyl (C=O) groups is 1. The Labute approximate surface area is 153 Å². The van der Waals surface area contributed by atoms with Crippen molar-refractivity contribution in [2.24, 2.45) is 5.92 Å². The summed E-state index contributed by atoms with van der Waals surface area (Å²) in [5.74, 6) is -0.901. The largest absolute Gasteiger partial charge is 0.481 e. The van der Waals surface area contributed by atoms with Crippen LogP contribution in [0, 0.1) is 5.92 Å².